The van der Waals surface area contributed by atoms with Crippen LogP contribution in [0.4, 0.5) is 114 Å². The van der Waals surface area contributed by atoms with Crippen LogP contribution in [-0.4, -0.2) is 82.6 Å². The van der Waals surface area contributed by atoms with Crippen molar-refractivity contribution in [3.05, 3.63) is 0 Å². The Kier molecular flexibility index (Phi) is 9.22. The summed E-state index contributed by atoms with van der Waals surface area (Å²) in [5.41, 5.74) is -41.4. The van der Waals surface area contributed by atoms with E-state index in [1.165, 1.54) is 0 Å². The van der Waals surface area contributed by atoms with Crippen LogP contribution >= 0.6 is 14.7 Å². The first-order chi connectivity index (χ1) is 22.7. The van der Waals surface area contributed by atoms with Crippen LogP contribution in [0.15, 0.2) is 0 Å². The molecule has 4 nitrogen and oxygen atoms in total. The normalized spacial score (nSPS) is 31.0. The van der Waals surface area contributed by atoms with Crippen molar-refractivity contribution >= 4 is 14.7 Å². The molecule has 0 radical (unpaired) electrons. The molecule has 0 aromatic carbocycles. The molecule has 3 fully saturated rings. The fourth-order valence-corrected chi connectivity index (χ4v) is 26.0. The molecule has 3 heterocycles. The Morgan fingerprint density at radius 1 is 0.296 bits per heavy atom. The van der Waals surface area contributed by atoms with Gasteiger partial charge in [0.05, 0.1) is 0 Å². The van der Waals surface area contributed by atoms with Crippen molar-refractivity contribution in [2.45, 2.75) is 124 Å². The molecule has 0 bridgehead atoms. The maximum atomic E-state index is 18.3. The van der Waals surface area contributed by atoms with E-state index in [0.717, 1.165) is 0 Å². The predicted octanol–water partition coefficient (Wildman–Crippen LogP) is 12.8. The van der Waals surface area contributed by atoms with Crippen molar-refractivity contribution in [3.8, 4) is 0 Å². The number of hydrogen-bond donors (Lipinski definition) is 0. The van der Waals surface area contributed by atoms with Gasteiger partial charge in [0.15, 0.2) is 0 Å². The minimum absolute atomic E-state index is 0.286. The zero-order valence-electron chi connectivity index (χ0n) is 26.5. The van der Waals surface area contributed by atoms with Gasteiger partial charge in [-0.3, -0.25) is 0 Å². The second-order valence-electron chi connectivity index (χ2n) is 14.5. The molecule has 0 N–H and O–H groups in total. The van der Waals surface area contributed by atoms with E-state index in [2.05, 4.69) is 18.1 Å². The quantitative estimate of drug-likeness (QED) is 0.179. The molecule has 0 aromatic heterocycles. The molecule has 324 valence electrons. The molecule has 3 rings (SSSR count). The minimum atomic E-state index is -10.2. The second-order valence-corrected chi connectivity index (χ2v) is 22.0. The first kappa shape index (κ1) is 47.3. The molecule has 0 amide bonds. The summed E-state index contributed by atoms with van der Waals surface area (Å²) in [6.45, 7) is -1.71. The number of rotatable bonds is 0. The van der Waals surface area contributed by atoms with E-state index in [9.17, 15) is 105 Å². The van der Waals surface area contributed by atoms with Crippen LogP contribution in [0.2, 0.25) is 0 Å². The van der Waals surface area contributed by atoms with E-state index in [0.29, 0.717) is 0 Å². The number of halogens is 26. The van der Waals surface area contributed by atoms with Crippen molar-refractivity contribution in [3.63, 3.8) is 0 Å². The van der Waals surface area contributed by atoms with Gasteiger partial charge in [0.25, 0.3) is 0 Å². The summed E-state index contributed by atoms with van der Waals surface area (Å²) in [6, 6.07) is 0. The Bertz CT molecular complexity index is 1260. The molecule has 32 heteroatoms. The van der Waals surface area contributed by atoms with Gasteiger partial charge in [-0.15, -0.1) is 0 Å². The van der Waals surface area contributed by atoms with Crippen LogP contribution in [0, 0.1) is 10.8 Å². The van der Waals surface area contributed by atoms with Crippen LogP contribution in [0.25, 0.3) is 0 Å². The van der Waals surface area contributed by atoms with Crippen molar-refractivity contribution in [1.29, 1.82) is 0 Å². The van der Waals surface area contributed by atoms with Gasteiger partial charge in [-0.25, -0.2) is 0 Å². The van der Waals surface area contributed by atoms with Gasteiger partial charge in [0.1, 0.15) is 0 Å². The Hall–Kier alpha value is -1.12. The molecule has 3 aliphatic rings. The van der Waals surface area contributed by atoms with Crippen molar-refractivity contribution in [2.75, 3.05) is 0 Å². The molecule has 0 unspecified atom stereocenters. The summed E-state index contributed by atoms with van der Waals surface area (Å²) in [7, 11) is -20.3. The topological polar surface area (TPSA) is 36.9 Å². The zero-order chi connectivity index (χ0) is 43.9. The average Bonchev–Trinajstić information content (AvgIpc) is 3.22. The van der Waals surface area contributed by atoms with E-state index in [4.69, 9.17) is 0 Å². The second kappa shape index (κ2) is 10.5. The monoisotopic (exact) mass is 904 g/mol. The van der Waals surface area contributed by atoms with E-state index >= 15 is 8.39 Å². The third-order valence-corrected chi connectivity index (χ3v) is 22.7. The van der Waals surface area contributed by atoms with Gasteiger partial charge in [-0.1, -0.05) is 0 Å². The molecule has 3 aliphatic heterocycles. The Morgan fingerprint density at radius 2 is 0.407 bits per heavy atom. The molecular formula is C22H20F26O4P2. The van der Waals surface area contributed by atoms with Crippen LogP contribution < -0.4 is 0 Å². The van der Waals surface area contributed by atoms with Gasteiger partial charge < -0.3 is 0 Å². The van der Waals surface area contributed by atoms with Crippen LogP contribution in [0.3, 0.4) is 0 Å². The molecule has 2 spiro atoms. The third-order valence-electron chi connectivity index (χ3n) is 8.72. The summed E-state index contributed by atoms with van der Waals surface area (Å²) in [5.74, 6) is 0. The Balaban J connectivity index is 2.94. The third kappa shape index (κ3) is 4.89. The fourth-order valence-electron chi connectivity index (χ4n) is 8.08. The zero-order valence-corrected chi connectivity index (χ0v) is 28.3. The van der Waals surface area contributed by atoms with Crippen molar-refractivity contribution in [1.82, 2.24) is 0 Å². The Morgan fingerprint density at radius 3 is 0.481 bits per heavy atom. The molecular weight excluding hydrogens is 884 g/mol. The summed E-state index contributed by atoms with van der Waals surface area (Å²) in [4.78, 5) is 0. The van der Waals surface area contributed by atoms with Gasteiger partial charge in [-0.2, -0.15) is 0 Å². The summed E-state index contributed by atoms with van der Waals surface area (Å²) >= 11 is 0. The standard InChI is InChI=1S/C22H20F26O4P2/c1-9(2,3)7-53(47,49-11(15(23,24)25,16(26,27)28)12(50-53,17(29,30)31)18(32,33)34)8(10(4,5)6)54(7,48)51-13(19(35,36)37,20(38,39)40)14(52-54,21(41,42)43)22(44,45)46/h7-8H,1-6H3. The van der Waals surface area contributed by atoms with E-state index in [-0.39, 0.29) is 41.5 Å². The number of hydrogen-bond acceptors (Lipinski definition) is 4. The first-order valence-corrected chi connectivity index (χ1v) is 17.7. The maximum absolute atomic E-state index is 18.3. The van der Waals surface area contributed by atoms with Crippen LogP contribution in [0.1, 0.15) is 41.5 Å². The molecule has 3 saturated heterocycles. The van der Waals surface area contributed by atoms with Gasteiger partial charge >= 0.3 is 282 Å². The average molecular weight is 904 g/mol. The molecule has 0 saturated carbocycles. The summed E-state index contributed by atoms with van der Waals surface area (Å²) in [5, 5.41) is -10.9. The molecule has 54 heavy (non-hydrogen) atoms. The predicted molar refractivity (Wildman–Crippen MR) is 126 cm³/mol. The fraction of sp³-hybridized carbons (Fsp3) is 1.00. The van der Waals surface area contributed by atoms with Crippen molar-refractivity contribution in [2.24, 2.45) is 10.8 Å². The van der Waals surface area contributed by atoms with Gasteiger partial charge in [-0.05, 0) is 0 Å². The van der Waals surface area contributed by atoms with Gasteiger partial charge in [0.2, 0.25) is 0 Å². The number of alkyl halides is 24. The molecule has 0 atom stereocenters. The van der Waals surface area contributed by atoms with Crippen LogP contribution in [0.5, 0.6) is 0 Å². The molecule has 0 aromatic rings. The van der Waals surface area contributed by atoms with E-state index in [1.54, 1.807) is 0 Å². The SMILES string of the molecule is CC(C)(C)C1P2(F)(OC(C(F)(F)F)(C(F)(F)F)C(C(F)(F)F)(C(F)(F)F)O2)C(C(C)(C)C)P12(F)OC(C(F)(F)F)(C(F)(F)F)C(C(F)(F)F)(C(F)(F)F)O2. The van der Waals surface area contributed by atoms with Crippen molar-refractivity contribution < 1.29 is 132 Å². The van der Waals surface area contributed by atoms with E-state index < -0.39 is 108 Å². The first-order valence-electron chi connectivity index (χ1n) is 13.5. The van der Waals surface area contributed by atoms with Gasteiger partial charge in [0, 0.05) is 0 Å². The molecule has 0 aliphatic carbocycles. The van der Waals surface area contributed by atoms with E-state index in [1.807, 2.05) is 0 Å². The van der Waals surface area contributed by atoms with Crippen LogP contribution in [-0.2, 0) is 18.1 Å². The summed E-state index contributed by atoms with van der Waals surface area (Å²) < 4.78 is 397. The Labute approximate surface area is 282 Å². The summed E-state index contributed by atoms with van der Waals surface area (Å²) in [6.07, 6.45) is -67.5.